The van der Waals surface area contributed by atoms with E-state index in [1.807, 2.05) is 12.1 Å². The average Bonchev–Trinajstić information content (AvgIpc) is 2.50. The number of nitrogen functional groups attached to an aromatic ring is 1. The van der Waals surface area contributed by atoms with Gasteiger partial charge in [0.1, 0.15) is 5.82 Å². The standard InChI is InChI=1S/C15H29N5/c1-4-19(5-2)10-7-11-20(6-3)13-14-8-9-17-15(12-14)18-16/h8-9,12H,4-7,10-11,13,16H2,1-3H3,(H,17,18). The number of anilines is 1. The molecule has 0 unspecified atom stereocenters. The first kappa shape index (κ1) is 16.9. The fraction of sp³-hybridized carbons (Fsp3) is 0.667. The summed E-state index contributed by atoms with van der Waals surface area (Å²) in [5, 5.41) is 0. The molecule has 0 amide bonds. The van der Waals surface area contributed by atoms with E-state index in [-0.39, 0.29) is 0 Å². The van der Waals surface area contributed by atoms with Crippen LogP contribution in [0, 0.1) is 0 Å². The van der Waals surface area contributed by atoms with E-state index in [1.165, 1.54) is 18.5 Å². The van der Waals surface area contributed by atoms with Gasteiger partial charge in [0.25, 0.3) is 0 Å². The number of hydrogen-bond acceptors (Lipinski definition) is 5. The smallest absolute Gasteiger partial charge is 0.140 e. The monoisotopic (exact) mass is 279 g/mol. The summed E-state index contributed by atoms with van der Waals surface area (Å²) in [4.78, 5) is 9.06. The van der Waals surface area contributed by atoms with Gasteiger partial charge in [-0.1, -0.05) is 20.8 Å². The second-order valence-corrected chi connectivity index (χ2v) is 4.94. The SMILES string of the molecule is CCN(CC)CCCN(CC)Cc1ccnc(NN)c1. The Morgan fingerprint density at radius 3 is 2.35 bits per heavy atom. The molecule has 0 atom stereocenters. The highest BCUT2D eigenvalue weighted by molar-refractivity contribution is 5.35. The van der Waals surface area contributed by atoms with Crippen molar-refractivity contribution in [3.05, 3.63) is 23.9 Å². The van der Waals surface area contributed by atoms with Crippen LogP contribution in [0.15, 0.2) is 18.3 Å². The van der Waals surface area contributed by atoms with Crippen LogP contribution < -0.4 is 11.3 Å². The zero-order valence-electron chi connectivity index (χ0n) is 13.1. The second kappa shape index (κ2) is 9.69. The molecule has 1 heterocycles. The quantitative estimate of drug-likeness (QED) is 0.506. The Morgan fingerprint density at radius 1 is 1.10 bits per heavy atom. The maximum absolute atomic E-state index is 5.39. The van der Waals surface area contributed by atoms with Gasteiger partial charge in [0.15, 0.2) is 0 Å². The van der Waals surface area contributed by atoms with E-state index in [0.29, 0.717) is 0 Å². The molecule has 114 valence electrons. The Morgan fingerprint density at radius 2 is 1.75 bits per heavy atom. The Hall–Kier alpha value is -1.17. The summed E-state index contributed by atoms with van der Waals surface area (Å²) in [6.07, 6.45) is 3.01. The van der Waals surface area contributed by atoms with Crippen molar-refractivity contribution >= 4 is 5.82 Å². The Bertz CT molecular complexity index is 365. The molecule has 5 heteroatoms. The minimum absolute atomic E-state index is 0.724. The number of pyridine rings is 1. The summed E-state index contributed by atoms with van der Waals surface area (Å²) in [7, 11) is 0. The third-order valence-electron chi connectivity index (χ3n) is 3.67. The van der Waals surface area contributed by atoms with Crippen molar-refractivity contribution in [3.63, 3.8) is 0 Å². The normalized spacial score (nSPS) is 11.3. The molecule has 0 radical (unpaired) electrons. The lowest BCUT2D eigenvalue weighted by Crippen LogP contribution is -2.29. The lowest BCUT2D eigenvalue weighted by atomic mass is 10.2. The fourth-order valence-electron chi connectivity index (χ4n) is 2.32. The van der Waals surface area contributed by atoms with E-state index in [0.717, 1.165) is 38.5 Å². The third-order valence-corrected chi connectivity index (χ3v) is 3.67. The molecule has 1 rings (SSSR count). The molecule has 0 aromatic carbocycles. The van der Waals surface area contributed by atoms with Gasteiger partial charge >= 0.3 is 0 Å². The van der Waals surface area contributed by atoms with Gasteiger partial charge in [-0.25, -0.2) is 10.8 Å². The number of hydrogen-bond donors (Lipinski definition) is 2. The number of rotatable bonds is 10. The number of nitrogens with one attached hydrogen (secondary N) is 1. The maximum atomic E-state index is 5.39. The van der Waals surface area contributed by atoms with Crippen molar-refractivity contribution < 1.29 is 0 Å². The van der Waals surface area contributed by atoms with Gasteiger partial charge in [-0.2, -0.15) is 0 Å². The molecule has 1 aromatic heterocycles. The van der Waals surface area contributed by atoms with Crippen LogP contribution >= 0.6 is 0 Å². The molecule has 0 bridgehead atoms. The van der Waals surface area contributed by atoms with Crippen LogP contribution in [0.2, 0.25) is 0 Å². The van der Waals surface area contributed by atoms with Crippen molar-refractivity contribution in [1.29, 1.82) is 0 Å². The van der Waals surface area contributed by atoms with Gasteiger partial charge in [-0.05, 0) is 56.8 Å². The molecule has 0 aliphatic rings. The topological polar surface area (TPSA) is 57.4 Å². The molecule has 0 aliphatic heterocycles. The Balaban J connectivity index is 2.42. The van der Waals surface area contributed by atoms with Crippen LogP contribution in [0.1, 0.15) is 32.8 Å². The molecular formula is C15H29N5. The summed E-state index contributed by atoms with van der Waals surface area (Å²) in [6.45, 7) is 13.2. The van der Waals surface area contributed by atoms with E-state index in [2.05, 4.69) is 41.0 Å². The van der Waals surface area contributed by atoms with Crippen LogP contribution in [0.3, 0.4) is 0 Å². The lowest BCUT2D eigenvalue weighted by molar-refractivity contribution is 0.238. The summed E-state index contributed by atoms with van der Waals surface area (Å²) >= 11 is 0. The molecule has 1 aromatic rings. The number of nitrogens with two attached hydrogens (primary N) is 1. The average molecular weight is 279 g/mol. The third kappa shape index (κ3) is 5.86. The van der Waals surface area contributed by atoms with Crippen LogP contribution in [-0.4, -0.2) is 47.5 Å². The molecule has 3 N–H and O–H groups in total. The highest BCUT2D eigenvalue weighted by atomic mass is 15.2. The molecule has 5 nitrogen and oxygen atoms in total. The molecule has 0 saturated carbocycles. The van der Waals surface area contributed by atoms with Crippen molar-refractivity contribution in [2.45, 2.75) is 33.7 Å². The van der Waals surface area contributed by atoms with Gasteiger partial charge in [-0.15, -0.1) is 0 Å². The van der Waals surface area contributed by atoms with E-state index in [4.69, 9.17) is 5.84 Å². The zero-order valence-corrected chi connectivity index (χ0v) is 13.1. The minimum atomic E-state index is 0.724. The number of hydrazine groups is 1. The van der Waals surface area contributed by atoms with Crippen molar-refractivity contribution in [1.82, 2.24) is 14.8 Å². The highest BCUT2D eigenvalue weighted by Gasteiger charge is 2.06. The van der Waals surface area contributed by atoms with E-state index >= 15 is 0 Å². The van der Waals surface area contributed by atoms with Crippen molar-refractivity contribution in [3.8, 4) is 0 Å². The fourth-order valence-corrected chi connectivity index (χ4v) is 2.32. The van der Waals surface area contributed by atoms with Crippen molar-refractivity contribution in [2.75, 3.05) is 38.1 Å². The molecule has 0 spiro atoms. The predicted molar refractivity (Wildman–Crippen MR) is 85.4 cm³/mol. The second-order valence-electron chi connectivity index (χ2n) is 4.94. The Labute approximate surface area is 123 Å². The Kier molecular flexibility index (Phi) is 8.18. The number of nitrogens with zero attached hydrogens (tertiary/aromatic N) is 3. The van der Waals surface area contributed by atoms with Gasteiger partial charge in [-0.3, -0.25) is 4.90 Å². The molecule has 0 saturated heterocycles. The van der Waals surface area contributed by atoms with Crippen molar-refractivity contribution in [2.24, 2.45) is 5.84 Å². The first-order chi connectivity index (χ1) is 9.73. The van der Waals surface area contributed by atoms with E-state index in [1.54, 1.807) is 6.20 Å². The van der Waals surface area contributed by atoms with Gasteiger partial charge in [0.05, 0.1) is 0 Å². The first-order valence-electron chi connectivity index (χ1n) is 7.59. The van der Waals surface area contributed by atoms with Crippen LogP contribution in [0.25, 0.3) is 0 Å². The molecule has 0 fully saturated rings. The summed E-state index contributed by atoms with van der Waals surface area (Å²) in [5.41, 5.74) is 3.84. The van der Waals surface area contributed by atoms with Gasteiger partial charge in [0.2, 0.25) is 0 Å². The van der Waals surface area contributed by atoms with E-state index < -0.39 is 0 Å². The zero-order chi connectivity index (χ0) is 14.8. The summed E-state index contributed by atoms with van der Waals surface area (Å²) in [5.74, 6) is 6.12. The highest BCUT2D eigenvalue weighted by Crippen LogP contribution is 2.09. The van der Waals surface area contributed by atoms with E-state index in [9.17, 15) is 0 Å². The number of aromatic nitrogens is 1. The first-order valence-corrected chi connectivity index (χ1v) is 7.59. The summed E-state index contributed by atoms with van der Waals surface area (Å²) < 4.78 is 0. The predicted octanol–water partition coefficient (Wildman–Crippen LogP) is 1.92. The van der Waals surface area contributed by atoms with Gasteiger partial charge < -0.3 is 10.3 Å². The largest absolute Gasteiger partial charge is 0.308 e. The molecule has 0 aliphatic carbocycles. The van der Waals surface area contributed by atoms with Crippen LogP contribution in [-0.2, 0) is 6.54 Å². The maximum Gasteiger partial charge on any atom is 0.140 e. The minimum Gasteiger partial charge on any atom is -0.308 e. The van der Waals surface area contributed by atoms with Gasteiger partial charge in [0, 0.05) is 12.7 Å². The summed E-state index contributed by atoms with van der Waals surface area (Å²) in [6, 6.07) is 4.06. The van der Waals surface area contributed by atoms with Crippen LogP contribution in [0.5, 0.6) is 0 Å². The molecule has 20 heavy (non-hydrogen) atoms. The van der Waals surface area contributed by atoms with Crippen LogP contribution in [0.4, 0.5) is 5.82 Å². The molecular weight excluding hydrogens is 250 g/mol. The lowest BCUT2D eigenvalue weighted by Gasteiger charge is -2.23.